The van der Waals surface area contributed by atoms with Crippen LogP contribution in [-0.4, -0.2) is 21.3 Å². The highest BCUT2D eigenvalue weighted by Crippen LogP contribution is 2.32. The van der Waals surface area contributed by atoms with E-state index in [0.717, 1.165) is 0 Å². The van der Waals surface area contributed by atoms with Crippen molar-refractivity contribution >= 4 is 17.6 Å². The molecule has 0 aromatic heterocycles. The first kappa shape index (κ1) is 15.0. The fourth-order valence-electron chi connectivity index (χ4n) is 1.76. The number of hydrogen-bond donors (Lipinski definition) is 3. The zero-order valence-corrected chi connectivity index (χ0v) is 11.1. The Bertz CT molecular complexity index is 445. The molecule has 1 aromatic rings. The third-order valence-corrected chi connectivity index (χ3v) is 3.22. The molecule has 1 rings (SSSR count). The van der Waals surface area contributed by atoms with E-state index in [1.54, 1.807) is 13.8 Å². The number of carboxylic acid groups (broad SMARTS) is 1. The third kappa shape index (κ3) is 3.02. The van der Waals surface area contributed by atoms with Gasteiger partial charge < -0.3 is 15.3 Å². The third-order valence-electron chi connectivity index (χ3n) is 2.89. The molecule has 2 unspecified atom stereocenters. The van der Waals surface area contributed by atoms with E-state index in [-0.39, 0.29) is 16.1 Å². The second-order valence-corrected chi connectivity index (χ2v) is 4.52. The molecule has 5 heteroatoms. The van der Waals surface area contributed by atoms with Crippen LogP contribution in [0.25, 0.3) is 0 Å². The molecule has 0 heterocycles. The summed E-state index contributed by atoms with van der Waals surface area (Å²) in [6.45, 7) is 3.54. The molecule has 4 nitrogen and oxygen atoms in total. The van der Waals surface area contributed by atoms with Gasteiger partial charge >= 0.3 is 5.97 Å². The molecular formula is C13H17ClO4. The zero-order valence-electron chi connectivity index (χ0n) is 10.4. The Balaban J connectivity index is 3.40. The second-order valence-electron chi connectivity index (χ2n) is 4.11. The molecule has 0 saturated heterocycles. The van der Waals surface area contributed by atoms with E-state index in [0.29, 0.717) is 18.4 Å². The van der Waals surface area contributed by atoms with Gasteiger partial charge in [0.05, 0.1) is 17.8 Å². The van der Waals surface area contributed by atoms with Crippen LogP contribution < -0.4 is 0 Å². The standard InChI is InChI=1S/C13H17ClO4/c1-3-11(15)7-5-9(12(16)4-2)10(14)6-8(7)13(17)18/h5-6,11-12,15-16H,3-4H2,1-2H3,(H,17,18). The molecule has 2 atom stereocenters. The average Bonchev–Trinajstić information content (AvgIpc) is 2.36. The molecule has 0 aliphatic heterocycles. The first-order valence-corrected chi connectivity index (χ1v) is 6.22. The lowest BCUT2D eigenvalue weighted by Gasteiger charge is -2.17. The summed E-state index contributed by atoms with van der Waals surface area (Å²) in [7, 11) is 0. The molecule has 3 N–H and O–H groups in total. The Morgan fingerprint density at radius 3 is 2.11 bits per heavy atom. The summed E-state index contributed by atoms with van der Waals surface area (Å²) >= 11 is 5.96. The van der Waals surface area contributed by atoms with Crippen molar-refractivity contribution in [2.45, 2.75) is 38.9 Å². The van der Waals surface area contributed by atoms with Gasteiger partial charge in [-0.05, 0) is 36.1 Å². The Morgan fingerprint density at radius 2 is 1.67 bits per heavy atom. The van der Waals surface area contributed by atoms with Crippen molar-refractivity contribution < 1.29 is 20.1 Å². The Morgan fingerprint density at radius 1 is 1.17 bits per heavy atom. The van der Waals surface area contributed by atoms with E-state index in [2.05, 4.69) is 0 Å². The Labute approximate surface area is 111 Å². The van der Waals surface area contributed by atoms with E-state index in [1.165, 1.54) is 12.1 Å². The number of carbonyl (C=O) groups is 1. The molecule has 0 bridgehead atoms. The molecular weight excluding hydrogens is 256 g/mol. The summed E-state index contributed by atoms with van der Waals surface area (Å²) in [5.74, 6) is -1.14. The molecule has 0 radical (unpaired) electrons. The lowest BCUT2D eigenvalue weighted by molar-refractivity contribution is 0.0688. The maximum atomic E-state index is 11.1. The van der Waals surface area contributed by atoms with Gasteiger partial charge in [-0.3, -0.25) is 0 Å². The number of carboxylic acids is 1. The van der Waals surface area contributed by atoms with Crippen molar-refractivity contribution in [2.75, 3.05) is 0 Å². The monoisotopic (exact) mass is 272 g/mol. The summed E-state index contributed by atoms with van der Waals surface area (Å²) in [4.78, 5) is 11.1. The minimum absolute atomic E-state index is 0.0265. The molecule has 0 spiro atoms. The normalized spacial score (nSPS) is 14.3. The zero-order chi connectivity index (χ0) is 13.9. The molecule has 100 valence electrons. The minimum Gasteiger partial charge on any atom is -0.478 e. The topological polar surface area (TPSA) is 77.8 Å². The molecule has 0 aliphatic rings. The number of aliphatic hydroxyl groups is 2. The Hall–Kier alpha value is -1.10. The minimum atomic E-state index is -1.14. The molecule has 0 fully saturated rings. The van der Waals surface area contributed by atoms with Crippen molar-refractivity contribution in [3.63, 3.8) is 0 Å². The molecule has 18 heavy (non-hydrogen) atoms. The van der Waals surface area contributed by atoms with Gasteiger partial charge in [-0.25, -0.2) is 4.79 Å². The summed E-state index contributed by atoms with van der Waals surface area (Å²) in [5.41, 5.74) is 0.713. The van der Waals surface area contributed by atoms with Gasteiger partial charge in [0, 0.05) is 5.02 Å². The predicted octanol–water partition coefficient (Wildman–Crippen LogP) is 2.93. The number of hydrogen-bond acceptors (Lipinski definition) is 3. The second kappa shape index (κ2) is 6.18. The highest BCUT2D eigenvalue weighted by atomic mass is 35.5. The lowest BCUT2D eigenvalue weighted by atomic mass is 9.95. The summed E-state index contributed by atoms with van der Waals surface area (Å²) in [5, 5.41) is 28.9. The Kier molecular flexibility index (Phi) is 5.14. The van der Waals surface area contributed by atoms with E-state index in [1.807, 2.05) is 0 Å². The van der Waals surface area contributed by atoms with Crippen molar-refractivity contribution in [1.29, 1.82) is 0 Å². The molecule has 0 saturated carbocycles. The van der Waals surface area contributed by atoms with Crippen LogP contribution >= 0.6 is 11.6 Å². The fraction of sp³-hybridized carbons (Fsp3) is 0.462. The van der Waals surface area contributed by atoms with Crippen LogP contribution in [-0.2, 0) is 0 Å². The van der Waals surface area contributed by atoms with Crippen LogP contribution in [0.15, 0.2) is 12.1 Å². The number of benzene rings is 1. The predicted molar refractivity (Wildman–Crippen MR) is 68.9 cm³/mol. The van der Waals surface area contributed by atoms with Gasteiger partial charge in [-0.1, -0.05) is 25.4 Å². The van der Waals surface area contributed by atoms with Crippen LogP contribution in [0.4, 0.5) is 0 Å². The first-order valence-electron chi connectivity index (χ1n) is 5.85. The summed E-state index contributed by atoms with van der Waals surface area (Å²) in [6, 6.07) is 2.76. The van der Waals surface area contributed by atoms with Gasteiger partial charge in [0.25, 0.3) is 0 Å². The van der Waals surface area contributed by atoms with Gasteiger partial charge in [-0.2, -0.15) is 0 Å². The van der Waals surface area contributed by atoms with Crippen molar-refractivity contribution in [2.24, 2.45) is 0 Å². The van der Waals surface area contributed by atoms with Crippen LogP contribution in [0, 0.1) is 0 Å². The van der Waals surface area contributed by atoms with Crippen LogP contribution in [0.2, 0.25) is 5.02 Å². The summed E-state index contributed by atoms with van der Waals surface area (Å²) in [6.07, 6.45) is -0.781. The highest BCUT2D eigenvalue weighted by Gasteiger charge is 2.21. The van der Waals surface area contributed by atoms with E-state index < -0.39 is 18.2 Å². The van der Waals surface area contributed by atoms with Crippen molar-refractivity contribution in [1.82, 2.24) is 0 Å². The van der Waals surface area contributed by atoms with Crippen molar-refractivity contribution in [3.8, 4) is 0 Å². The van der Waals surface area contributed by atoms with Gasteiger partial charge in [0.1, 0.15) is 0 Å². The fourth-order valence-corrected chi connectivity index (χ4v) is 2.05. The van der Waals surface area contributed by atoms with Crippen molar-refractivity contribution in [3.05, 3.63) is 33.8 Å². The SMILES string of the molecule is CCC(O)c1cc(C(O)CC)c(C(=O)O)cc1Cl. The average molecular weight is 273 g/mol. The number of aliphatic hydroxyl groups excluding tert-OH is 2. The maximum absolute atomic E-state index is 11.1. The maximum Gasteiger partial charge on any atom is 0.336 e. The van der Waals surface area contributed by atoms with Gasteiger partial charge in [-0.15, -0.1) is 0 Å². The lowest BCUT2D eigenvalue weighted by Crippen LogP contribution is -2.09. The number of halogens is 1. The van der Waals surface area contributed by atoms with E-state index in [4.69, 9.17) is 16.7 Å². The van der Waals surface area contributed by atoms with E-state index >= 15 is 0 Å². The van der Waals surface area contributed by atoms with Gasteiger partial charge in [0.15, 0.2) is 0 Å². The smallest absolute Gasteiger partial charge is 0.336 e. The quantitative estimate of drug-likeness (QED) is 0.770. The summed E-state index contributed by atoms with van der Waals surface area (Å²) < 4.78 is 0. The first-order chi connectivity index (χ1) is 8.42. The molecule has 0 aliphatic carbocycles. The number of rotatable bonds is 5. The molecule has 1 aromatic carbocycles. The van der Waals surface area contributed by atoms with Crippen LogP contribution in [0.3, 0.4) is 0 Å². The van der Waals surface area contributed by atoms with Crippen LogP contribution in [0.1, 0.15) is 60.4 Å². The highest BCUT2D eigenvalue weighted by molar-refractivity contribution is 6.31. The van der Waals surface area contributed by atoms with E-state index in [9.17, 15) is 15.0 Å². The number of aromatic carboxylic acids is 1. The molecule has 0 amide bonds. The van der Waals surface area contributed by atoms with Crippen LogP contribution in [0.5, 0.6) is 0 Å². The largest absolute Gasteiger partial charge is 0.478 e. The van der Waals surface area contributed by atoms with Gasteiger partial charge in [0.2, 0.25) is 0 Å².